The minimum atomic E-state index is 0.109. The predicted octanol–water partition coefficient (Wildman–Crippen LogP) is 4.59. The van der Waals surface area contributed by atoms with Crippen LogP contribution in [0, 0.1) is 0 Å². The lowest BCUT2D eigenvalue weighted by Crippen LogP contribution is -2.30. The van der Waals surface area contributed by atoms with Gasteiger partial charge in [-0.1, -0.05) is 31.5 Å². The minimum absolute atomic E-state index is 0.109. The number of carbonyl (C=O) groups is 1. The van der Waals surface area contributed by atoms with E-state index in [0.29, 0.717) is 0 Å². The first kappa shape index (κ1) is 16.6. The van der Waals surface area contributed by atoms with Gasteiger partial charge in [0.1, 0.15) is 5.69 Å². The fourth-order valence-electron chi connectivity index (χ4n) is 3.52. The standard InChI is InChI=1S/C20H27N3O/c1-6-7-12-21(4)20(24)18-13-17-19(23(18)14(2)3)15-10-8-9-11-16(15)22(17)5/h8-11,13-14H,6-7,12H2,1-5H3. The molecule has 3 aromatic rings. The molecule has 0 saturated carbocycles. The van der Waals surface area contributed by atoms with Gasteiger partial charge in [-0.2, -0.15) is 0 Å². The Kier molecular flexibility index (Phi) is 4.39. The van der Waals surface area contributed by atoms with Crippen LogP contribution >= 0.6 is 0 Å². The van der Waals surface area contributed by atoms with Gasteiger partial charge >= 0.3 is 0 Å². The molecule has 0 N–H and O–H groups in total. The molecule has 0 aliphatic carbocycles. The van der Waals surface area contributed by atoms with Gasteiger partial charge in [-0.15, -0.1) is 0 Å². The Hall–Kier alpha value is -2.23. The summed E-state index contributed by atoms with van der Waals surface area (Å²) in [6, 6.07) is 10.7. The second kappa shape index (κ2) is 6.34. The van der Waals surface area contributed by atoms with Crippen molar-refractivity contribution in [3.8, 4) is 0 Å². The smallest absolute Gasteiger partial charge is 0.270 e. The monoisotopic (exact) mass is 325 g/mol. The molecule has 4 nitrogen and oxygen atoms in total. The van der Waals surface area contributed by atoms with Crippen LogP contribution in [-0.2, 0) is 7.05 Å². The average Bonchev–Trinajstić information content (AvgIpc) is 3.09. The Bertz CT molecular complexity index is 885. The van der Waals surface area contributed by atoms with Crippen LogP contribution in [-0.4, -0.2) is 33.5 Å². The molecule has 0 spiro atoms. The Morgan fingerprint density at radius 3 is 2.58 bits per heavy atom. The van der Waals surface area contributed by atoms with Crippen molar-refractivity contribution >= 4 is 27.8 Å². The summed E-state index contributed by atoms with van der Waals surface area (Å²) in [7, 11) is 3.98. The zero-order valence-electron chi connectivity index (χ0n) is 15.3. The van der Waals surface area contributed by atoms with E-state index in [9.17, 15) is 4.79 Å². The van der Waals surface area contributed by atoms with Gasteiger partial charge in [-0.25, -0.2) is 0 Å². The van der Waals surface area contributed by atoms with Crippen LogP contribution in [0.5, 0.6) is 0 Å². The molecule has 0 aliphatic heterocycles. The van der Waals surface area contributed by atoms with Crippen molar-refractivity contribution in [2.24, 2.45) is 7.05 Å². The third kappa shape index (κ3) is 2.50. The number of hydrogen-bond donors (Lipinski definition) is 0. The van der Waals surface area contributed by atoms with Gasteiger partial charge in [0.05, 0.1) is 16.6 Å². The number of fused-ring (bicyclic) bond motifs is 3. The third-order valence-electron chi connectivity index (χ3n) is 4.83. The van der Waals surface area contributed by atoms with Crippen LogP contribution in [0.15, 0.2) is 30.3 Å². The van der Waals surface area contributed by atoms with E-state index < -0.39 is 0 Å². The number of para-hydroxylation sites is 1. The van der Waals surface area contributed by atoms with Crippen LogP contribution in [0.2, 0.25) is 0 Å². The summed E-state index contributed by atoms with van der Waals surface area (Å²) >= 11 is 0. The highest BCUT2D eigenvalue weighted by Crippen LogP contribution is 2.33. The fraction of sp³-hybridized carbons (Fsp3) is 0.450. The molecule has 0 radical (unpaired) electrons. The summed E-state index contributed by atoms with van der Waals surface area (Å²) in [5.74, 6) is 0.109. The molecule has 128 valence electrons. The normalized spacial score (nSPS) is 11.8. The van der Waals surface area contributed by atoms with E-state index in [1.54, 1.807) is 0 Å². The summed E-state index contributed by atoms with van der Waals surface area (Å²) in [6.07, 6.45) is 2.13. The van der Waals surface area contributed by atoms with Crippen LogP contribution in [0.4, 0.5) is 0 Å². The van der Waals surface area contributed by atoms with Crippen LogP contribution < -0.4 is 0 Å². The van der Waals surface area contributed by atoms with Crippen molar-refractivity contribution < 1.29 is 4.79 Å². The van der Waals surface area contributed by atoms with Crippen molar-refractivity contribution in [2.45, 2.75) is 39.7 Å². The first-order valence-electron chi connectivity index (χ1n) is 8.81. The van der Waals surface area contributed by atoms with E-state index in [2.05, 4.69) is 67.3 Å². The van der Waals surface area contributed by atoms with Gasteiger partial charge in [0, 0.05) is 32.1 Å². The van der Waals surface area contributed by atoms with E-state index in [1.807, 2.05) is 11.9 Å². The summed E-state index contributed by atoms with van der Waals surface area (Å²) in [4.78, 5) is 14.8. The lowest BCUT2D eigenvalue weighted by Gasteiger charge is -2.20. The number of amides is 1. The molecular formula is C20H27N3O. The van der Waals surface area contributed by atoms with E-state index in [-0.39, 0.29) is 11.9 Å². The molecule has 0 fully saturated rings. The quantitative estimate of drug-likeness (QED) is 0.675. The maximum absolute atomic E-state index is 13.0. The summed E-state index contributed by atoms with van der Waals surface area (Å²) < 4.78 is 4.38. The maximum Gasteiger partial charge on any atom is 0.270 e. The second-order valence-corrected chi connectivity index (χ2v) is 6.88. The Labute approximate surface area is 143 Å². The molecule has 2 heterocycles. The molecule has 2 aromatic heterocycles. The first-order valence-corrected chi connectivity index (χ1v) is 8.81. The van der Waals surface area contributed by atoms with Crippen LogP contribution in [0.1, 0.15) is 50.1 Å². The number of carbonyl (C=O) groups excluding carboxylic acids is 1. The molecule has 4 heteroatoms. The predicted molar refractivity (Wildman–Crippen MR) is 101 cm³/mol. The summed E-state index contributed by atoms with van der Waals surface area (Å²) in [5, 5.41) is 1.21. The molecule has 0 saturated heterocycles. The number of unbranched alkanes of at least 4 members (excludes halogenated alkanes) is 1. The molecular weight excluding hydrogens is 298 g/mol. The molecule has 0 atom stereocenters. The highest BCUT2D eigenvalue weighted by molar-refractivity contribution is 6.10. The Morgan fingerprint density at radius 2 is 1.92 bits per heavy atom. The van der Waals surface area contributed by atoms with Crippen molar-refractivity contribution in [3.63, 3.8) is 0 Å². The molecule has 1 amide bonds. The molecule has 3 rings (SSSR count). The van der Waals surface area contributed by atoms with Crippen LogP contribution in [0.25, 0.3) is 21.9 Å². The molecule has 0 aliphatic rings. The SMILES string of the molecule is CCCCN(C)C(=O)c1cc2c(c3ccccc3n2C)n1C(C)C. The Morgan fingerprint density at radius 1 is 1.21 bits per heavy atom. The van der Waals surface area contributed by atoms with Gasteiger partial charge in [0.15, 0.2) is 0 Å². The zero-order valence-corrected chi connectivity index (χ0v) is 15.3. The number of aromatic nitrogens is 2. The van der Waals surface area contributed by atoms with Gasteiger partial charge in [0.2, 0.25) is 0 Å². The van der Waals surface area contributed by atoms with Crippen molar-refractivity contribution in [3.05, 3.63) is 36.0 Å². The van der Waals surface area contributed by atoms with E-state index >= 15 is 0 Å². The highest BCUT2D eigenvalue weighted by atomic mass is 16.2. The molecule has 0 bridgehead atoms. The number of hydrogen-bond acceptors (Lipinski definition) is 1. The third-order valence-corrected chi connectivity index (χ3v) is 4.83. The largest absolute Gasteiger partial charge is 0.342 e. The number of benzene rings is 1. The van der Waals surface area contributed by atoms with Crippen LogP contribution in [0.3, 0.4) is 0 Å². The van der Waals surface area contributed by atoms with Gasteiger partial charge in [-0.05, 0) is 32.4 Å². The zero-order chi connectivity index (χ0) is 17.4. The summed E-state index contributed by atoms with van der Waals surface area (Å²) in [6.45, 7) is 7.24. The van der Waals surface area contributed by atoms with E-state index in [4.69, 9.17) is 0 Å². The van der Waals surface area contributed by atoms with Crippen molar-refractivity contribution in [1.29, 1.82) is 0 Å². The maximum atomic E-state index is 13.0. The van der Waals surface area contributed by atoms with Gasteiger partial charge < -0.3 is 14.0 Å². The minimum Gasteiger partial charge on any atom is -0.342 e. The highest BCUT2D eigenvalue weighted by Gasteiger charge is 2.23. The lowest BCUT2D eigenvalue weighted by molar-refractivity contribution is 0.0781. The van der Waals surface area contributed by atoms with Gasteiger partial charge in [0.25, 0.3) is 5.91 Å². The van der Waals surface area contributed by atoms with Crippen molar-refractivity contribution in [1.82, 2.24) is 14.0 Å². The average molecular weight is 325 g/mol. The molecule has 0 unspecified atom stereocenters. The number of rotatable bonds is 5. The molecule has 1 aromatic carbocycles. The van der Waals surface area contributed by atoms with Crippen molar-refractivity contribution in [2.75, 3.05) is 13.6 Å². The Balaban J connectivity index is 2.21. The van der Waals surface area contributed by atoms with Gasteiger partial charge in [-0.3, -0.25) is 4.79 Å². The van der Waals surface area contributed by atoms with E-state index in [0.717, 1.165) is 36.1 Å². The lowest BCUT2D eigenvalue weighted by atomic mass is 10.2. The fourth-order valence-corrected chi connectivity index (χ4v) is 3.52. The summed E-state index contributed by atoms with van der Waals surface area (Å²) in [5.41, 5.74) is 4.28. The number of nitrogens with zero attached hydrogens (tertiary/aromatic N) is 3. The molecule has 24 heavy (non-hydrogen) atoms. The number of aryl methyl sites for hydroxylation is 1. The van der Waals surface area contributed by atoms with E-state index in [1.165, 1.54) is 10.9 Å². The first-order chi connectivity index (χ1) is 11.5. The topological polar surface area (TPSA) is 30.2 Å². The second-order valence-electron chi connectivity index (χ2n) is 6.88.